The van der Waals surface area contributed by atoms with Crippen LogP contribution >= 0.6 is 11.8 Å². The Balaban J connectivity index is 3.20. The van der Waals surface area contributed by atoms with E-state index in [1.807, 2.05) is 18.8 Å². The summed E-state index contributed by atoms with van der Waals surface area (Å²) < 4.78 is 0. The minimum absolute atomic E-state index is 0.896. The Bertz CT molecular complexity index is 76.0. The molecule has 0 amide bonds. The second-order valence-corrected chi connectivity index (χ2v) is 3.95. The first-order valence-corrected chi connectivity index (χ1v) is 5.88. The third kappa shape index (κ3) is 6.70. The van der Waals surface area contributed by atoms with Crippen molar-refractivity contribution in [2.75, 3.05) is 25.6 Å². The molecular formula is C9H21NS. The highest BCUT2D eigenvalue weighted by Crippen LogP contribution is 2.11. The van der Waals surface area contributed by atoms with Gasteiger partial charge >= 0.3 is 0 Å². The van der Waals surface area contributed by atoms with E-state index < -0.39 is 0 Å². The average molecular weight is 175 g/mol. The highest BCUT2D eigenvalue weighted by Gasteiger charge is 2.03. The fourth-order valence-corrected chi connectivity index (χ4v) is 1.71. The van der Waals surface area contributed by atoms with Gasteiger partial charge in [-0.15, -0.1) is 0 Å². The Labute approximate surface area is 75.3 Å². The van der Waals surface area contributed by atoms with Crippen LogP contribution in [0.25, 0.3) is 0 Å². The molecule has 1 N–H and O–H groups in total. The molecule has 68 valence electrons. The van der Waals surface area contributed by atoms with E-state index in [0.29, 0.717) is 0 Å². The van der Waals surface area contributed by atoms with Crippen LogP contribution in [0.2, 0.25) is 0 Å². The SMILES string of the molecule is CCC(CCCSC)CNC. The van der Waals surface area contributed by atoms with Gasteiger partial charge in [0.25, 0.3) is 0 Å². The molecule has 0 spiro atoms. The van der Waals surface area contributed by atoms with Gasteiger partial charge in [-0.3, -0.25) is 0 Å². The normalized spacial score (nSPS) is 13.4. The zero-order chi connectivity index (χ0) is 8.53. The summed E-state index contributed by atoms with van der Waals surface area (Å²) in [5.74, 6) is 2.22. The van der Waals surface area contributed by atoms with Crippen molar-refractivity contribution < 1.29 is 0 Å². The minimum atomic E-state index is 0.896. The molecule has 1 nitrogen and oxygen atoms in total. The van der Waals surface area contributed by atoms with E-state index in [4.69, 9.17) is 0 Å². The molecule has 1 atom stereocenters. The van der Waals surface area contributed by atoms with Crippen LogP contribution in [0.4, 0.5) is 0 Å². The molecule has 11 heavy (non-hydrogen) atoms. The van der Waals surface area contributed by atoms with E-state index in [9.17, 15) is 0 Å². The monoisotopic (exact) mass is 175 g/mol. The van der Waals surface area contributed by atoms with Crippen LogP contribution in [0.5, 0.6) is 0 Å². The maximum atomic E-state index is 3.24. The zero-order valence-electron chi connectivity index (χ0n) is 8.02. The van der Waals surface area contributed by atoms with Crippen molar-refractivity contribution in [3.05, 3.63) is 0 Å². The summed E-state index contributed by atoms with van der Waals surface area (Å²) in [6, 6.07) is 0. The van der Waals surface area contributed by atoms with Gasteiger partial charge in [-0.1, -0.05) is 13.3 Å². The van der Waals surface area contributed by atoms with E-state index in [1.54, 1.807) is 0 Å². The standard InChI is InChI=1S/C9H21NS/c1-4-9(8-10-2)6-5-7-11-3/h9-10H,4-8H2,1-3H3. The lowest BCUT2D eigenvalue weighted by Crippen LogP contribution is -2.18. The summed E-state index contributed by atoms with van der Waals surface area (Å²) in [7, 11) is 2.04. The Hall–Kier alpha value is 0.310. The van der Waals surface area contributed by atoms with E-state index in [-0.39, 0.29) is 0 Å². The van der Waals surface area contributed by atoms with Crippen LogP contribution < -0.4 is 5.32 Å². The molecule has 2 heteroatoms. The second-order valence-electron chi connectivity index (χ2n) is 2.97. The first-order valence-electron chi connectivity index (χ1n) is 4.48. The molecule has 0 heterocycles. The van der Waals surface area contributed by atoms with E-state index in [1.165, 1.54) is 31.6 Å². The molecule has 0 saturated heterocycles. The van der Waals surface area contributed by atoms with Crippen LogP contribution in [-0.2, 0) is 0 Å². The Morgan fingerprint density at radius 1 is 1.45 bits per heavy atom. The van der Waals surface area contributed by atoms with Crippen molar-refractivity contribution in [2.45, 2.75) is 26.2 Å². The molecule has 1 unspecified atom stereocenters. The first kappa shape index (κ1) is 11.3. The summed E-state index contributed by atoms with van der Waals surface area (Å²) in [5, 5.41) is 3.24. The maximum absolute atomic E-state index is 3.24. The quantitative estimate of drug-likeness (QED) is 0.596. The number of thioether (sulfide) groups is 1. The molecule has 0 aromatic heterocycles. The number of hydrogen-bond acceptors (Lipinski definition) is 2. The third-order valence-corrected chi connectivity index (χ3v) is 2.73. The van der Waals surface area contributed by atoms with Crippen molar-refractivity contribution in [2.24, 2.45) is 5.92 Å². The van der Waals surface area contributed by atoms with Gasteiger partial charge in [-0.2, -0.15) is 11.8 Å². The number of rotatable bonds is 7. The molecule has 0 aromatic carbocycles. The average Bonchev–Trinajstić information content (AvgIpc) is 2.03. The molecular weight excluding hydrogens is 154 g/mol. The molecule has 0 bridgehead atoms. The summed E-state index contributed by atoms with van der Waals surface area (Å²) in [6.07, 6.45) is 6.26. The van der Waals surface area contributed by atoms with Gasteiger partial charge in [0.1, 0.15) is 0 Å². The van der Waals surface area contributed by atoms with Gasteiger partial charge in [0.2, 0.25) is 0 Å². The van der Waals surface area contributed by atoms with Crippen molar-refractivity contribution in [3.63, 3.8) is 0 Å². The van der Waals surface area contributed by atoms with Gasteiger partial charge in [0, 0.05) is 0 Å². The van der Waals surface area contributed by atoms with Crippen LogP contribution in [-0.4, -0.2) is 25.6 Å². The fraction of sp³-hybridized carbons (Fsp3) is 1.00. The lowest BCUT2D eigenvalue weighted by atomic mass is 10.0. The lowest BCUT2D eigenvalue weighted by molar-refractivity contribution is 0.447. The smallest absolute Gasteiger partial charge is 0.00236 e. The first-order chi connectivity index (χ1) is 5.35. The summed E-state index contributed by atoms with van der Waals surface area (Å²) in [4.78, 5) is 0. The maximum Gasteiger partial charge on any atom is -0.00236 e. The van der Waals surface area contributed by atoms with Crippen molar-refractivity contribution in [1.82, 2.24) is 5.32 Å². The Morgan fingerprint density at radius 3 is 2.64 bits per heavy atom. The van der Waals surface area contributed by atoms with Crippen molar-refractivity contribution in [1.29, 1.82) is 0 Å². The zero-order valence-corrected chi connectivity index (χ0v) is 8.84. The molecule has 0 aromatic rings. The minimum Gasteiger partial charge on any atom is -0.319 e. The van der Waals surface area contributed by atoms with Gasteiger partial charge in [0.05, 0.1) is 0 Å². The van der Waals surface area contributed by atoms with Crippen molar-refractivity contribution >= 4 is 11.8 Å². The predicted molar refractivity (Wildman–Crippen MR) is 55.3 cm³/mol. The van der Waals surface area contributed by atoms with Crippen LogP contribution in [0, 0.1) is 5.92 Å². The summed E-state index contributed by atoms with van der Waals surface area (Å²) in [5.41, 5.74) is 0. The predicted octanol–water partition coefficient (Wildman–Crippen LogP) is 2.38. The topological polar surface area (TPSA) is 12.0 Å². The molecule has 0 aliphatic carbocycles. The molecule has 0 fully saturated rings. The highest BCUT2D eigenvalue weighted by molar-refractivity contribution is 7.98. The fourth-order valence-electron chi connectivity index (χ4n) is 1.26. The summed E-state index contributed by atoms with van der Waals surface area (Å²) >= 11 is 1.95. The van der Waals surface area contributed by atoms with Gasteiger partial charge in [0.15, 0.2) is 0 Å². The Kier molecular flexibility index (Phi) is 8.64. The Morgan fingerprint density at radius 2 is 2.18 bits per heavy atom. The number of hydrogen-bond donors (Lipinski definition) is 1. The lowest BCUT2D eigenvalue weighted by Gasteiger charge is -2.12. The molecule has 0 aliphatic rings. The molecule has 0 saturated carbocycles. The molecule has 0 aliphatic heterocycles. The largest absolute Gasteiger partial charge is 0.319 e. The van der Waals surface area contributed by atoms with Crippen LogP contribution in [0.3, 0.4) is 0 Å². The third-order valence-electron chi connectivity index (χ3n) is 2.03. The highest BCUT2D eigenvalue weighted by atomic mass is 32.2. The van der Waals surface area contributed by atoms with Crippen LogP contribution in [0.1, 0.15) is 26.2 Å². The van der Waals surface area contributed by atoms with E-state index >= 15 is 0 Å². The van der Waals surface area contributed by atoms with E-state index in [2.05, 4.69) is 18.5 Å². The van der Waals surface area contributed by atoms with E-state index in [0.717, 1.165) is 5.92 Å². The van der Waals surface area contributed by atoms with Crippen molar-refractivity contribution in [3.8, 4) is 0 Å². The molecule has 0 radical (unpaired) electrons. The van der Waals surface area contributed by atoms with Crippen LogP contribution in [0.15, 0.2) is 0 Å². The van der Waals surface area contributed by atoms with Gasteiger partial charge in [-0.05, 0) is 44.4 Å². The molecule has 0 rings (SSSR count). The summed E-state index contributed by atoms with van der Waals surface area (Å²) in [6.45, 7) is 3.46. The van der Waals surface area contributed by atoms with Gasteiger partial charge in [-0.25, -0.2) is 0 Å². The van der Waals surface area contributed by atoms with Gasteiger partial charge < -0.3 is 5.32 Å². The second kappa shape index (κ2) is 8.41. The number of nitrogens with one attached hydrogen (secondary N) is 1.